The van der Waals surface area contributed by atoms with Crippen molar-refractivity contribution < 1.29 is 28.5 Å². The molecule has 3 aromatic heterocycles. The number of nitrogens with one attached hydrogen (secondary N) is 2. The molecule has 0 bridgehead atoms. The van der Waals surface area contributed by atoms with Gasteiger partial charge in [0.05, 0.1) is 33.8 Å². The highest BCUT2D eigenvalue weighted by atomic mass is 32.1. The van der Waals surface area contributed by atoms with Crippen LogP contribution in [0, 0.1) is 12.8 Å². The van der Waals surface area contributed by atoms with Gasteiger partial charge in [-0.1, -0.05) is 13.3 Å². The predicted octanol–water partition coefficient (Wildman–Crippen LogP) is 2.90. The number of aryl methyl sites for hydroxylation is 2. The molecular weight excluding hydrogens is 485 g/mol. The van der Waals surface area contributed by atoms with Crippen molar-refractivity contribution in [3.05, 3.63) is 23.7 Å². The van der Waals surface area contributed by atoms with Crippen molar-refractivity contribution in [1.29, 1.82) is 0 Å². The SMILES string of the molecule is CCCc1nccc2sc(-c3c(C)nc(NCC(F)(F)F)nc3N[C@@H]3C[C@H](CO)[C@@H](O)[C@H]3O)nc12. The molecule has 0 aliphatic heterocycles. The molecule has 0 radical (unpaired) electrons. The molecule has 3 heterocycles. The van der Waals surface area contributed by atoms with E-state index >= 15 is 0 Å². The number of thiazole rings is 1. The number of aromatic nitrogens is 4. The quantitative estimate of drug-likeness (QED) is 0.309. The van der Waals surface area contributed by atoms with Crippen LogP contribution in [0.4, 0.5) is 24.9 Å². The minimum absolute atomic E-state index is 0.182. The maximum atomic E-state index is 12.8. The van der Waals surface area contributed by atoms with Gasteiger partial charge in [-0.05, 0) is 25.8 Å². The summed E-state index contributed by atoms with van der Waals surface area (Å²) in [5.74, 6) is -0.588. The van der Waals surface area contributed by atoms with Crippen molar-refractivity contribution in [1.82, 2.24) is 19.9 Å². The summed E-state index contributed by atoms with van der Waals surface area (Å²) in [7, 11) is 0. The molecule has 5 N–H and O–H groups in total. The average molecular weight is 513 g/mol. The van der Waals surface area contributed by atoms with Crippen molar-refractivity contribution in [2.45, 2.75) is 57.5 Å². The molecule has 4 rings (SSSR count). The van der Waals surface area contributed by atoms with Crippen LogP contribution >= 0.6 is 11.3 Å². The van der Waals surface area contributed by atoms with Crippen molar-refractivity contribution in [2.75, 3.05) is 23.8 Å². The smallest absolute Gasteiger partial charge is 0.396 e. The number of nitrogens with zero attached hydrogens (tertiary/aromatic N) is 4. The summed E-state index contributed by atoms with van der Waals surface area (Å²) in [5, 5.41) is 36.0. The molecule has 0 aromatic carbocycles. The molecule has 1 aliphatic rings. The third-order valence-electron chi connectivity index (χ3n) is 5.98. The predicted molar refractivity (Wildman–Crippen MR) is 126 cm³/mol. The minimum Gasteiger partial charge on any atom is -0.396 e. The Bertz CT molecular complexity index is 1190. The molecule has 4 atom stereocenters. The Morgan fingerprint density at radius 2 is 1.94 bits per heavy atom. The van der Waals surface area contributed by atoms with Crippen LogP contribution in [0.25, 0.3) is 20.8 Å². The third-order valence-corrected chi connectivity index (χ3v) is 7.02. The first-order valence-corrected chi connectivity index (χ1v) is 12.1. The zero-order valence-corrected chi connectivity index (χ0v) is 20.0. The topological polar surface area (TPSA) is 136 Å². The first-order chi connectivity index (χ1) is 16.6. The summed E-state index contributed by atoms with van der Waals surface area (Å²) in [6.45, 7) is 2.07. The highest BCUT2D eigenvalue weighted by molar-refractivity contribution is 7.21. The number of halogens is 3. The Kier molecular flexibility index (Phi) is 7.40. The number of aliphatic hydroxyl groups excluding tert-OH is 3. The normalized spacial score (nSPS) is 22.6. The Morgan fingerprint density at radius 1 is 1.17 bits per heavy atom. The van der Waals surface area contributed by atoms with Gasteiger partial charge in [-0.3, -0.25) is 4.98 Å². The van der Waals surface area contributed by atoms with Crippen LogP contribution in [0.1, 0.15) is 31.2 Å². The Morgan fingerprint density at radius 3 is 2.60 bits per heavy atom. The zero-order valence-electron chi connectivity index (χ0n) is 19.2. The van der Waals surface area contributed by atoms with Gasteiger partial charge in [-0.15, -0.1) is 11.3 Å². The van der Waals surface area contributed by atoms with E-state index in [4.69, 9.17) is 4.98 Å². The maximum Gasteiger partial charge on any atom is 0.405 e. The van der Waals surface area contributed by atoms with Gasteiger partial charge in [0.25, 0.3) is 0 Å². The Hall–Kier alpha value is -2.61. The maximum absolute atomic E-state index is 12.8. The molecular formula is C22H27F3N6O3S. The van der Waals surface area contributed by atoms with Gasteiger partial charge in [0.2, 0.25) is 5.95 Å². The van der Waals surface area contributed by atoms with Crippen molar-refractivity contribution in [3.63, 3.8) is 0 Å². The van der Waals surface area contributed by atoms with E-state index in [1.54, 1.807) is 13.1 Å². The lowest BCUT2D eigenvalue weighted by Crippen LogP contribution is -2.36. The summed E-state index contributed by atoms with van der Waals surface area (Å²) in [6, 6.07) is 1.17. The Balaban J connectivity index is 1.77. The fourth-order valence-corrected chi connectivity index (χ4v) is 5.33. The minimum atomic E-state index is -4.46. The van der Waals surface area contributed by atoms with E-state index in [0.717, 1.165) is 28.8 Å². The van der Waals surface area contributed by atoms with E-state index in [1.807, 2.05) is 13.0 Å². The van der Waals surface area contributed by atoms with Gasteiger partial charge in [-0.25, -0.2) is 9.97 Å². The lowest BCUT2D eigenvalue weighted by atomic mass is 10.1. The number of alkyl halides is 3. The zero-order chi connectivity index (χ0) is 25.3. The second-order valence-electron chi connectivity index (χ2n) is 8.61. The number of fused-ring (bicyclic) bond motifs is 1. The highest BCUT2D eigenvalue weighted by Gasteiger charge is 2.41. The molecule has 9 nitrogen and oxygen atoms in total. The summed E-state index contributed by atoms with van der Waals surface area (Å²) < 4.78 is 39.2. The first kappa shape index (κ1) is 25.5. The first-order valence-electron chi connectivity index (χ1n) is 11.3. The average Bonchev–Trinajstić information content (AvgIpc) is 3.34. The number of aliphatic hydroxyl groups is 3. The van der Waals surface area contributed by atoms with E-state index < -0.39 is 36.9 Å². The fourth-order valence-electron chi connectivity index (χ4n) is 4.25. The molecule has 190 valence electrons. The van der Waals surface area contributed by atoms with Crippen LogP contribution in [0.3, 0.4) is 0 Å². The van der Waals surface area contributed by atoms with Crippen molar-refractivity contribution in [2.24, 2.45) is 5.92 Å². The molecule has 35 heavy (non-hydrogen) atoms. The van der Waals surface area contributed by atoms with Gasteiger partial charge < -0.3 is 26.0 Å². The summed E-state index contributed by atoms with van der Waals surface area (Å²) in [6.07, 6.45) is -3.20. The van der Waals surface area contributed by atoms with Crippen LogP contribution < -0.4 is 10.6 Å². The number of rotatable bonds is 8. The molecule has 0 saturated heterocycles. The van der Waals surface area contributed by atoms with Gasteiger partial charge in [0.1, 0.15) is 29.0 Å². The number of anilines is 2. The number of hydrogen-bond donors (Lipinski definition) is 5. The van der Waals surface area contributed by atoms with Crippen LogP contribution in [0.2, 0.25) is 0 Å². The van der Waals surface area contributed by atoms with Gasteiger partial charge in [-0.2, -0.15) is 18.2 Å². The van der Waals surface area contributed by atoms with Gasteiger partial charge in [0, 0.05) is 18.7 Å². The molecule has 13 heteroatoms. The van der Waals surface area contributed by atoms with Gasteiger partial charge >= 0.3 is 6.18 Å². The number of hydrogen-bond acceptors (Lipinski definition) is 10. The van der Waals surface area contributed by atoms with Gasteiger partial charge in [0.15, 0.2) is 0 Å². The van der Waals surface area contributed by atoms with Crippen molar-refractivity contribution in [3.8, 4) is 10.6 Å². The van der Waals surface area contributed by atoms with E-state index in [2.05, 4.69) is 25.6 Å². The molecule has 0 spiro atoms. The van der Waals surface area contributed by atoms with Crippen LogP contribution in [-0.4, -0.2) is 72.8 Å². The molecule has 0 unspecified atom stereocenters. The monoisotopic (exact) mass is 512 g/mol. The van der Waals surface area contributed by atoms with E-state index in [0.29, 0.717) is 16.3 Å². The molecule has 1 saturated carbocycles. The fraction of sp³-hybridized carbons (Fsp3) is 0.545. The largest absolute Gasteiger partial charge is 0.405 e. The third kappa shape index (κ3) is 5.47. The lowest BCUT2D eigenvalue weighted by Gasteiger charge is -2.21. The molecule has 1 aliphatic carbocycles. The van der Waals surface area contributed by atoms with Crippen LogP contribution in [0.15, 0.2) is 12.3 Å². The Labute approximate surface area is 203 Å². The second-order valence-corrected chi connectivity index (χ2v) is 9.64. The summed E-state index contributed by atoms with van der Waals surface area (Å²) >= 11 is 1.38. The highest BCUT2D eigenvalue weighted by Crippen LogP contribution is 2.38. The van der Waals surface area contributed by atoms with E-state index in [9.17, 15) is 28.5 Å². The lowest BCUT2D eigenvalue weighted by molar-refractivity contribution is -0.115. The van der Waals surface area contributed by atoms with Crippen molar-refractivity contribution >= 4 is 33.3 Å². The standard InChI is InChI=1S/C22H27F3N6O3S/c1-3-4-12-16-14(5-6-26-12)35-20(30-16)15-10(2)28-21(27-9-22(23,24)25)31-19(15)29-13-7-11(8-32)17(33)18(13)34/h5-6,11,13,17-18,32-34H,3-4,7-9H2,1-2H3,(H2,27,28,29,31)/t11-,13-,17-,18+/m1/s1. The second kappa shape index (κ2) is 10.2. The summed E-state index contributed by atoms with van der Waals surface area (Å²) in [4.78, 5) is 17.7. The summed E-state index contributed by atoms with van der Waals surface area (Å²) in [5.41, 5.74) is 2.48. The van der Waals surface area contributed by atoms with Crippen LogP contribution in [0.5, 0.6) is 0 Å². The molecule has 3 aromatic rings. The molecule has 0 amide bonds. The molecule has 1 fully saturated rings. The van der Waals surface area contributed by atoms with Crippen LogP contribution in [-0.2, 0) is 6.42 Å². The number of pyridine rings is 1. The van der Waals surface area contributed by atoms with E-state index in [-0.39, 0.29) is 24.8 Å². The van der Waals surface area contributed by atoms with E-state index in [1.165, 1.54) is 11.3 Å².